The molecular weight excluding hydrogens is 520 g/mol. The second-order valence-electron chi connectivity index (χ2n) is 16.3. The van der Waals surface area contributed by atoms with E-state index in [-0.39, 0.29) is 63.3 Å². The van der Waals surface area contributed by atoms with Gasteiger partial charge in [-0.05, 0) is 97.2 Å². The van der Waals surface area contributed by atoms with Crippen molar-refractivity contribution in [2.45, 2.75) is 130 Å². The Morgan fingerprint density at radius 3 is 2.32 bits per heavy atom. The van der Waals surface area contributed by atoms with Crippen LogP contribution in [0.3, 0.4) is 0 Å². The first-order valence-electron chi connectivity index (χ1n) is 16.3. The van der Waals surface area contributed by atoms with Crippen LogP contribution >= 0.6 is 0 Å². The number of carbonyl (C=O) groups excluding carboxylic acids is 2. The van der Waals surface area contributed by atoms with Gasteiger partial charge in [0.2, 0.25) is 0 Å². The van der Waals surface area contributed by atoms with Crippen LogP contribution < -0.4 is 11.1 Å². The Hall–Kier alpha value is -1.54. The highest BCUT2D eigenvalue weighted by atomic mass is 16.6. The minimum Gasteiger partial charge on any atom is -0.446 e. The molecule has 13 atom stereocenters. The normalized spacial score (nSPS) is 51.7. The van der Waals surface area contributed by atoms with Crippen LogP contribution in [-0.2, 0) is 14.2 Å². The molecule has 41 heavy (non-hydrogen) atoms. The number of aliphatic hydroxyl groups excluding tert-OH is 1. The number of nitrogens with two attached hydrogens (primary N) is 1. The lowest BCUT2D eigenvalue weighted by Gasteiger charge is -2.63. The van der Waals surface area contributed by atoms with Gasteiger partial charge >= 0.3 is 12.2 Å². The third-order valence-corrected chi connectivity index (χ3v) is 14.5. The number of hydrogen-bond acceptors (Lipinski definition) is 6. The average molecular weight is 575 g/mol. The predicted octanol–water partition coefficient (Wildman–Crippen LogP) is 5.64. The van der Waals surface area contributed by atoms with Crippen LogP contribution in [0.25, 0.3) is 0 Å². The first kappa shape index (κ1) is 29.5. The molecule has 232 valence electrons. The Kier molecular flexibility index (Phi) is 6.65. The van der Waals surface area contributed by atoms with E-state index in [1.165, 1.54) is 12.8 Å². The zero-order valence-electron chi connectivity index (χ0n) is 26.5. The molecule has 6 aliphatic rings. The number of fused-ring (bicyclic) bond motifs is 4. The number of rotatable bonds is 4. The van der Waals surface area contributed by atoms with E-state index in [1.54, 1.807) is 7.05 Å². The summed E-state index contributed by atoms with van der Waals surface area (Å²) < 4.78 is 18.4. The summed E-state index contributed by atoms with van der Waals surface area (Å²) in [5.74, 6) is 1.66. The highest BCUT2D eigenvalue weighted by Gasteiger charge is 2.84. The van der Waals surface area contributed by atoms with Crippen LogP contribution in [0.15, 0.2) is 0 Å². The Morgan fingerprint density at radius 2 is 1.68 bits per heavy atom. The molecule has 0 aromatic heterocycles. The maximum atomic E-state index is 12.4. The average Bonchev–Trinajstić information content (AvgIpc) is 3.53. The molecule has 2 spiro atoms. The number of hydrogen-bond donors (Lipinski definition) is 3. The van der Waals surface area contributed by atoms with E-state index < -0.39 is 18.3 Å². The first-order chi connectivity index (χ1) is 19.1. The molecule has 2 amide bonds. The van der Waals surface area contributed by atoms with Crippen LogP contribution in [0, 0.1) is 56.7 Å². The van der Waals surface area contributed by atoms with Gasteiger partial charge < -0.3 is 30.4 Å². The molecule has 8 heteroatoms. The number of alkyl carbamates (subject to hydrolysis) is 1. The van der Waals surface area contributed by atoms with E-state index in [0.717, 1.165) is 38.5 Å². The molecule has 1 heterocycles. The van der Waals surface area contributed by atoms with Crippen LogP contribution in [0.4, 0.5) is 9.59 Å². The lowest BCUT2D eigenvalue weighted by atomic mass is 9.41. The maximum absolute atomic E-state index is 12.4. The Labute approximate surface area is 246 Å². The summed E-state index contributed by atoms with van der Waals surface area (Å²) in [4.78, 5) is 23.9. The number of primary amides is 1. The molecule has 0 bridgehead atoms. The summed E-state index contributed by atoms with van der Waals surface area (Å²) in [7, 11) is 1.58. The van der Waals surface area contributed by atoms with E-state index in [2.05, 4.69) is 53.8 Å². The number of amides is 2. The Balaban J connectivity index is 1.31. The van der Waals surface area contributed by atoms with Crippen molar-refractivity contribution >= 4 is 12.2 Å². The smallest absolute Gasteiger partial charge is 0.407 e. The quantitative estimate of drug-likeness (QED) is 0.399. The number of carbonyl (C=O) groups is 2. The molecule has 6 rings (SSSR count). The molecule has 5 aliphatic carbocycles. The maximum Gasteiger partial charge on any atom is 0.407 e. The van der Waals surface area contributed by atoms with Crippen molar-refractivity contribution in [1.82, 2.24) is 5.32 Å². The molecular formula is C33H54N2O6. The summed E-state index contributed by atoms with van der Waals surface area (Å²) in [5, 5.41) is 15.0. The third-order valence-electron chi connectivity index (χ3n) is 14.5. The lowest BCUT2D eigenvalue weighted by molar-refractivity contribution is -0.184. The second kappa shape index (κ2) is 9.23. The molecule has 8 nitrogen and oxygen atoms in total. The van der Waals surface area contributed by atoms with Gasteiger partial charge in [0.15, 0.2) is 0 Å². The third kappa shape index (κ3) is 3.64. The molecule has 4 N–H and O–H groups in total. The zero-order valence-corrected chi connectivity index (χ0v) is 26.5. The fourth-order valence-corrected chi connectivity index (χ4v) is 12.7. The molecule has 1 saturated heterocycles. The molecule has 0 aromatic rings. The van der Waals surface area contributed by atoms with Crippen LogP contribution in [0.5, 0.6) is 0 Å². The predicted molar refractivity (Wildman–Crippen MR) is 155 cm³/mol. The topological polar surface area (TPSA) is 120 Å². The van der Waals surface area contributed by atoms with Gasteiger partial charge in [-0.3, -0.25) is 0 Å². The molecule has 1 aliphatic heterocycles. The second-order valence-corrected chi connectivity index (χ2v) is 16.3. The van der Waals surface area contributed by atoms with Gasteiger partial charge in [0.25, 0.3) is 0 Å². The lowest BCUT2D eigenvalue weighted by Crippen LogP contribution is -2.60. The van der Waals surface area contributed by atoms with Crippen LogP contribution in [-0.4, -0.2) is 54.9 Å². The number of ether oxygens (including phenoxy) is 3. The molecule has 6 fully saturated rings. The highest BCUT2D eigenvalue weighted by Crippen LogP contribution is 2.89. The molecule has 0 radical (unpaired) electrons. The summed E-state index contributed by atoms with van der Waals surface area (Å²) in [6, 6.07) is 0. The van der Waals surface area contributed by atoms with Crippen molar-refractivity contribution in [1.29, 1.82) is 0 Å². The SMILES string of the molecule is CNC(=O)O[C@H](C(C)C)C1C[C@@H](C)[C@H]2C(O1)[C@H](O)[C@@]1(C)C3CC[C@H]4C(C)(C)C(OC(N)=O)CC[C@@]45C[C@@]35CC[C@]21C. The summed E-state index contributed by atoms with van der Waals surface area (Å²) in [6.45, 7) is 15.9. The van der Waals surface area contributed by atoms with Crippen molar-refractivity contribution in [3.05, 3.63) is 0 Å². The summed E-state index contributed by atoms with van der Waals surface area (Å²) in [5.41, 5.74) is 5.58. The first-order valence-corrected chi connectivity index (χ1v) is 16.3. The Bertz CT molecular complexity index is 1100. The van der Waals surface area contributed by atoms with Gasteiger partial charge in [-0.25, -0.2) is 9.59 Å². The van der Waals surface area contributed by atoms with Gasteiger partial charge in [0.05, 0.1) is 18.3 Å². The zero-order chi connectivity index (χ0) is 29.9. The van der Waals surface area contributed by atoms with Gasteiger partial charge in [-0.2, -0.15) is 0 Å². The van der Waals surface area contributed by atoms with Crippen molar-refractivity contribution in [3.8, 4) is 0 Å². The van der Waals surface area contributed by atoms with Crippen molar-refractivity contribution < 1.29 is 28.9 Å². The summed E-state index contributed by atoms with van der Waals surface area (Å²) in [6.07, 6.45) is 5.86. The fourth-order valence-electron chi connectivity index (χ4n) is 12.7. The number of aliphatic hydroxyl groups is 1. The molecule has 0 aromatic carbocycles. The summed E-state index contributed by atoms with van der Waals surface area (Å²) >= 11 is 0. The Morgan fingerprint density at radius 1 is 1.02 bits per heavy atom. The van der Waals surface area contributed by atoms with E-state index in [1.807, 2.05) is 0 Å². The molecule has 5 saturated carbocycles. The monoisotopic (exact) mass is 574 g/mol. The standard InChI is InChI=1S/C33H54N2O6/c1-17(2)24(41-28(38)35-8)19-15-18(3)23-25(39-19)26(36)31(7)21-10-9-20-29(4,5)22(40-27(34)37)11-12-32(20)16-33(21,32)14-13-30(23,31)6/h17-26,36H,9-16H2,1-8H3,(H2,34,37)(H,35,38)/t18-,19?,20+,21?,22?,23+,24-,25?,26+,30-,31-,32-,33+/m1/s1. The number of nitrogens with one attached hydrogen (secondary N) is 1. The van der Waals surface area contributed by atoms with Crippen molar-refractivity contribution in [2.24, 2.45) is 62.4 Å². The van der Waals surface area contributed by atoms with Gasteiger partial charge in [-0.15, -0.1) is 0 Å². The minimum absolute atomic E-state index is 0.0230. The minimum atomic E-state index is -0.663. The van der Waals surface area contributed by atoms with Crippen molar-refractivity contribution in [2.75, 3.05) is 7.05 Å². The fraction of sp³-hybridized carbons (Fsp3) is 0.939. The van der Waals surface area contributed by atoms with Gasteiger partial charge in [-0.1, -0.05) is 48.5 Å². The van der Waals surface area contributed by atoms with E-state index in [0.29, 0.717) is 17.8 Å². The van der Waals surface area contributed by atoms with E-state index >= 15 is 0 Å². The largest absolute Gasteiger partial charge is 0.446 e. The van der Waals surface area contributed by atoms with E-state index in [9.17, 15) is 14.7 Å². The highest BCUT2D eigenvalue weighted by molar-refractivity contribution is 5.67. The van der Waals surface area contributed by atoms with Gasteiger partial charge in [0, 0.05) is 17.9 Å². The van der Waals surface area contributed by atoms with Crippen LogP contribution in [0.1, 0.15) is 99.8 Å². The molecule has 4 unspecified atom stereocenters. The van der Waals surface area contributed by atoms with Gasteiger partial charge in [0.1, 0.15) is 12.2 Å². The van der Waals surface area contributed by atoms with E-state index in [4.69, 9.17) is 19.9 Å². The van der Waals surface area contributed by atoms with Crippen molar-refractivity contribution in [3.63, 3.8) is 0 Å². The van der Waals surface area contributed by atoms with Crippen LogP contribution in [0.2, 0.25) is 0 Å².